The van der Waals surface area contributed by atoms with E-state index in [1.165, 1.54) is 32.1 Å². The number of carbonyl (C=O) groups is 2. The first-order valence-corrected chi connectivity index (χ1v) is 8.67. The molecule has 0 spiro atoms. The van der Waals surface area contributed by atoms with Gasteiger partial charge in [0.25, 0.3) is 0 Å². The van der Waals surface area contributed by atoms with Gasteiger partial charge in [-0.2, -0.15) is 0 Å². The largest absolute Gasteiger partial charge is 0.355 e. The van der Waals surface area contributed by atoms with E-state index in [2.05, 4.69) is 5.32 Å². The van der Waals surface area contributed by atoms with Gasteiger partial charge in [0.1, 0.15) is 0 Å². The van der Waals surface area contributed by atoms with E-state index in [0.717, 1.165) is 11.8 Å². The zero-order valence-corrected chi connectivity index (χ0v) is 13.3. The van der Waals surface area contributed by atoms with Crippen molar-refractivity contribution in [1.29, 1.82) is 0 Å². The Kier molecular flexibility index (Phi) is 4.23. The van der Waals surface area contributed by atoms with Crippen molar-refractivity contribution in [2.24, 2.45) is 29.6 Å². The molecule has 0 aromatic rings. The highest BCUT2D eigenvalue weighted by Crippen LogP contribution is 2.56. The van der Waals surface area contributed by atoms with E-state index < -0.39 is 0 Å². The zero-order valence-electron chi connectivity index (χ0n) is 13.3. The number of carbonyl (C=O) groups excluding carboxylic acids is 2. The molecule has 21 heavy (non-hydrogen) atoms. The van der Waals surface area contributed by atoms with Gasteiger partial charge in [-0.25, -0.2) is 0 Å². The fourth-order valence-corrected chi connectivity index (χ4v) is 5.31. The summed E-state index contributed by atoms with van der Waals surface area (Å²) in [6.45, 7) is 5.38. The molecular weight excluding hydrogens is 264 g/mol. The van der Waals surface area contributed by atoms with Crippen LogP contribution in [0.5, 0.6) is 0 Å². The molecule has 0 heterocycles. The summed E-state index contributed by atoms with van der Waals surface area (Å²) in [5.41, 5.74) is 0. The van der Waals surface area contributed by atoms with Crippen molar-refractivity contribution in [2.75, 3.05) is 19.6 Å². The molecule has 0 saturated heterocycles. The molecule has 4 saturated carbocycles. The summed E-state index contributed by atoms with van der Waals surface area (Å²) in [6, 6.07) is 0. The number of hydrogen-bond donors (Lipinski definition) is 1. The Hall–Kier alpha value is -1.06. The normalized spacial score (nSPS) is 36.6. The van der Waals surface area contributed by atoms with Crippen molar-refractivity contribution in [2.45, 2.75) is 46.0 Å². The van der Waals surface area contributed by atoms with Crippen LogP contribution in [0.25, 0.3) is 0 Å². The highest BCUT2D eigenvalue weighted by atomic mass is 16.2. The number of amides is 2. The first-order chi connectivity index (χ1) is 10.1. The van der Waals surface area contributed by atoms with Gasteiger partial charge in [-0.1, -0.05) is 0 Å². The number of hydrogen-bond acceptors (Lipinski definition) is 2. The summed E-state index contributed by atoms with van der Waals surface area (Å²) in [5.74, 6) is 3.38. The van der Waals surface area contributed by atoms with Crippen LogP contribution in [0.2, 0.25) is 0 Å². The van der Waals surface area contributed by atoms with Gasteiger partial charge in [0, 0.05) is 19.0 Å². The lowest BCUT2D eigenvalue weighted by Gasteiger charge is -2.54. The van der Waals surface area contributed by atoms with Crippen LogP contribution in [0, 0.1) is 29.6 Å². The van der Waals surface area contributed by atoms with E-state index >= 15 is 0 Å². The lowest BCUT2D eigenvalue weighted by Crippen LogP contribution is -2.53. The zero-order chi connectivity index (χ0) is 15.0. The summed E-state index contributed by atoms with van der Waals surface area (Å²) in [6.07, 6.45) is 6.42. The lowest BCUT2D eigenvalue weighted by molar-refractivity contribution is -0.151. The van der Waals surface area contributed by atoms with Gasteiger partial charge < -0.3 is 10.2 Å². The molecule has 0 atom stereocenters. The van der Waals surface area contributed by atoms with Gasteiger partial charge >= 0.3 is 0 Å². The summed E-state index contributed by atoms with van der Waals surface area (Å²) < 4.78 is 0. The summed E-state index contributed by atoms with van der Waals surface area (Å²) in [4.78, 5) is 26.5. The van der Waals surface area contributed by atoms with Crippen molar-refractivity contribution >= 4 is 11.8 Å². The standard InChI is InChI=1S/C17H28N2O2/c1-3-18-15(20)10-19(4-2)17(21)16-13-6-11-5-12(8-13)9-14(16)7-11/h11-14,16H,3-10H2,1-2H3,(H,18,20). The summed E-state index contributed by atoms with van der Waals surface area (Å²) in [5, 5.41) is 2.80. The SMILES string of the molecule is CCNC(=O)CN(CC)C(=O)C1C2CC3CC(C2)CC1C3. The van der Waals surface area contributed by atoms with Crippen molar-refractivity contribution in [3.8, 4) is 0 Å². The lowest BCUT2D eigenvalue weighted by atomic mass is 9.51. The molecule has 4 rings (SSSR count). The van der Waals surface area contributed by atoms with Gasteiger partial charge in [0.2, 0.25) is 11.8 Å². The van der Waals surface area contributed by atoms with Gasteiger partial charge in [-0.05, 0) is 69.6 Å². The molecule has 118 valence electrons. The van der Waals surface area contributed by atoms with E-state index in [1.54, 1.807) is 4.90 Å². The van der Waals surface area contributed by atoms with Crippen molar-refractivity contribution < 1.29 is 9.59 Å². The first-order valence-electron chi connectivity index (χ1n) is 8.67. The van der Waals surface area contributed by atoms with Crippen LogP contribution in [0.4, 0.5) is 0 Å². The van der Waals surface area contributed by atoms with E-state index in [0.29, 0.717) is 24.9 Å². The molecular formula is C17H28N2O2. The van der Waals surface area contributed by atoms with Crippen LogP contribution in [-0.4, -0.2) is 36.3 Å². The van der Waals surface area contributed by atoms with Crippen LogP contribution >= 0.6 is 0 Å². The Morgan fingerprint density at radius 1 is 1.00 bits per heavy atom. The Bertz CT molecular complexity index is 393. The quantitative estimate of drug-likeness (QED) is 0.843. The van der Waals surface area contributed by atoms with Crippen LogP contribution < -0.4 is 5.32 Å². The second-order valence-electron chi connectivity index (χ2n) is 7.26. The molecule has 0 unspecified atom stereocenters. The molecule has 4 bridgehead atoms. The number of nitrogens with one attached hydrogen (secondary N) is 1. The average molecular weight is 292 g/mol. The van der Waals surface area contributed by atoms with Gasteiger partial charge in [-0.3, -0.25) is 9.59 Å². The third kappa shape index (κ3) is 2.82. The molecule has 4 aliphatic carbocycles. The molecule has 2 amide bonds. The molecule has 0 aromatic heterocycles. The first kappa shape index (κ1) is 14.9. The van der Waals surface area contributed by atoms with Crippen LogP contribution in [0.15, 0.2) is 0 Å². The molecule has 0 aromatic carbocycles. The average Bonchev–Trinajstić information content (AvgIpc) is 2.43. The summed E-state index contributed by atoms with van der Waals surface area (Å²) >= 11 is 0. The molecule has 0 aliphatic heterocycles. The van der Waals surface area contributed by atoms with Crippen molar-refractivity contribution in [3.05, 3.63) is 0 Å². The van der Waals surface area contributed by atoms with Crippen LogP contribution in [0.3, 0.4) is 0 Å². The molecule has 4 heteroatoms. The maximum Gasteiger partial charge on any atom is 0.239 e. The summed E-state index contributed by atoms with van der Waals surface area (Å²) in [7, 11) is 0. The van der Waals surface area contributed by atoms with Crippen LogP contribution in [0.1, 0.15) is 46.0 Å². The third-order valence-electron chi connectivity index (χ3n) is 5.91. The predicted octanol–water partition coefficient (Wildman–Crippen LogP) is 2.04. The second kappa shape index (κ2) is 5.98. The maximum absolute atomic E-state index is 13.0. The third-order valence-corrected chi connectivity index (χ3v) is 5.91. The topological polar surface area (TPSA) is 49.4 Å². The number of rotatable bonds is 5. The van der Waals surface area contributed by atoms with Gasteiger partial charge in [-0.15, -0.1) is 0 Å². The van der Waals surface area contributed by atoms with E-state index in [-0.39, 0.29) is 24.3 Å². The maximum atomic E-state index is 13.0. The minimum Gasteiger partial charge on any atom is -0.355 e. The fraction of sp³-hybridized carbons (Fsp3) is 0.882. The molecule has 4 aliphatic rings. The molecule has 4 nitrogen and oxygen atoms in total. The van der Waals surface area contributed by atoms with E-state index in [9.17, 15) is 9.59 Å². The van der Waals surface area contributed by atoms with Crippen molar-refractivity contribution in [1.82, 2.24) is 10.2 Å². The highest BCUT2D eigenvalue weighted by molar-refractivity contribution is 5.86. The Morgan fingerprint density at radius 2 is 1.57 bits per heavy atom. The van der Waals surface area contributed by atoms with Gasteiger partial charge in [0.05, 0.1) is 6.54 Å². The highest BCUT2D eigenvalue weighted by Gasteiger charge is 2.51. The second-order valence-corrected chi connectivity index (χ2v) is 7.26. The molecule has 4 fully saturated rings. The van der Waals surface area contributed by atoms with E-state index in [4.69, 9.17) is 0 Å². The smallest absolute Gasteiger partial charge is 0.239 e. The van der Waals surface area contributed by atoms with Crippen LogP contribution in [-0.2, 0) is 9.59 Å². The van der Waals surface area contributed by atoms with Gasteiger partial charge in [0.15, 0.2) is 0 Å². The molecule has 1 N–H and O–H groups in total. The van der Waals surface area contributed by atoms with E-state index in [1.807, 2.05) is 13.8 Å². The molecule has 0 radical (unpaired) electrons. The Morgan fingerprint density at radius 3 is 2.05 bits per heavy atom. The fourth-order valence-electron chi connectivity index (χ4n) is 5.31. The number of nitrogens with zero attached hydrogens (tertiary/aromatic N) is 1. The monoisotopic (exact) mass is 292 g/mol. The van der Waals surface area contributed by atoms with Crippen molar-refractivity contribution in [3.63, 3.8) is 0 Å². The Balaban J connectivity index is 1.67. The minimum absolute atomic E-state index is 0.0310. The Labute approximate surface area is 127 Å². The number of likely N-dealkylation sites (N-methyl/N-ethyl adjacent to an activating group) is 2. The minimum atomic E-state index is -0.0310. The predicted molar refractivity (Wildman–Crippen MR) is 81.5 cm³/mol.